The molecule has 1 saturated carbocycles. The maximum absolute atomic E-state index is 10.4. The average molecular weight is 129 g/mol. The molecule has 0 spiro atoms. The minimum Gasteiger partial charge on any atom is -0.306 e. The van der Waals surface area contributed by atoms with Crippen molar-refractivity contribution in [1.29, 1.82) is 0 Å². The van der Waals surface area contributed by atoms with E-state index in [0.717, 1.165) is 0 Å². The first-order valence-electron chi connectivity index (χ1n) is 3.51. The zero-order chi connectivity index (χ0) is 5.82. The fourth-order valence-electron chi connectivity index (χ4n) is 1.35. The van der Waals surface area contributed by atoms with Crippen molar-refractivity contribution in [3.63, 3.8) is 0 Å². The van der Waals surface area contributed by atoms with Crippen LogP contribution in [-0.4, -0.2) is 9.76 Å². The Kier molecular flexibility index (Phi) is 2.56. The van der Waals surface area contributed by atoms with Crippen LogP contribution < -0.4 is 0 Å². The minimum atomic E-state index is -0.882. The highest BCUT2D eigenvalue weighted by Gasteiger charge is 2.12. The van der Waals surface area contributed by atoms with Crippen molar-refractivity contribution >= 4 is 9.76 Å². The van der Waals surface area contributed by atoms with E-state index in [9.17, 15) is 4.80 Å². The standard InChI is InChI=1S/C6H13OSi/c7-8-6-4-2-1-3-5-6/h6H,1-5,8H2. The van der Waals surface area contributed by atoms with Crippen LogP contribution in [-0.2, 0) is 4.80 Å². The molecule has 0 atom stereocenters. The molecule has 0 bridgehead atoms. The summed E-state index contributed by atoms with van der Waals surface area (Å²) in [4.78, 5) is 10.4. The Hall–Kier alpha value is 0.177. The zero-order valence-electron chi connectivity index (χ0n) is 5.23. The van der Waals surface area contributed by atoms with Gasteiger partial charge in [-0.15, -0.1) is 0 Å². The molecule has 8 heavy (non-hydrogen) atoms. The highest BCUT2D eigenvalue weighted by molar-refractivity contribution is 6.27. The summed E-state index contributed by atoms with van der Waals surface area (Å²) in [7, 11) is -0.882. The Balaban J connectivity index is 2.13. The Morgan fingerprint density at radius 1 is 1.12 bits per heavy atom. The molecule has 0 heterocycles. The van der Waals surface area contributed by atoms with Gasteiger partial charge in [-0.05, 0) is 5.54 Å². The third-order valence-electron chi connectivity index (χ3n) is 1.96. The van der Waals surface area contributed by atoms with E-state index in [2.05, 4.69) is 0 Å². The first-order valence-corrected chi connectivity index (χ1v) is 4.91. The van der Waals surface area contributed by atoms with Crippen LogP contribution in [0.4, 0.5) is 0 Å². The highest BCUT2D eigenvalue weighted by Crippen LogP contribution is 2.26. The lowest BCUT2D eigenvalue weighted by atomic mass is 10.0. The molecular formula is C6H13OSi. The quantitative estimate of drug-likeness (QED) is 0.475. The lowest BCUT2D eigenvalue weighted by Crippen LogP contribution is -2.05. The summed E-state index contributed by atoms with van der Waals surface area (Å²) < 4.78 is 0. The van der Waals surface area contributed by atoms with E-state index < -0.39 is 9.76 Å². The molecule has 0 aromatic heterocycles. The molecule has 47 valence electrons. The first-order chi connectivity index (χ1) is 3.93. The largest absolute Gasteiger partial charge is 0.306 e. The summed E-state index contributed by atoms with van der Waals surface area (Å²) in [6.07, 6.45) is 6.57. The van der Waals surface area contributed by atoms with Gasteiger partial charge < -0.3 is 4.80 Å². The third kappa shape index (κ3) is 1.60. The van der Waals surface area contributed by atoms with Gasteiger partial charge in [-0.2, -0.15) is 0 Å². The molecule has 1 rings (SSSR count). The normalized spacial score (nSPS) is 25.1. The van der Waals surface area contributed by atoms with Gasteiger partial charge in [0.1, 0.15) is 0 Å². The second-order valence-electron chi connectivity index (χ2n) is 2.67. The third-order valence-corrected chi connectivity index (χ3v) is 3.25. The predicted octanol–water partition coefficient (Wildman–Crippen LogP) is 1.25. The van der Waals surface area contributed by atoms with Crippen molar-refractivity contribution < 1.29 is 4.80 Å². The van der Waals surface area contributed by atoms with E-state index >= 15 is 0 Å². The van der Waals surface area contributed by atoms with Crippen LogP contribution in [0.3, 0.4) is 0 Å². The van der Waals surface area contributed by atoms with Crippen LogP contribution in [0.5, 0.6) is 0 Å². The van der Waals surface area contributed by atoms with Crippen LogP contribution in [0.15, 0.2) is 0 Å². The topological polar surface area (TPSA) is 19.9 Å². The molecule has 0 saturated heterocycles. The molecule has 0 amide bonds. The van der Waals surface area contributed by atoms with Crippen molar-refractivity contribution in [2.24, 2.45) is 0 Å². The van der Waals surface area contributed by atoms with Crippen molar-refractivity contribution in [1.82, 2.24) is 0 Å². The highest BCUT2D eigenvalue weighted by atomic mass is 28.2. The lowest BCUT2D eigenvalue weighted by Gasteiger charge is -2.16. The van der Waals surface area contributed by atoms with Gasteiger partial charge in [-0.1, -0.05) is 32.1 Å². The lowest BCUT2D eigenvalue weighted by molar-refractivity contribution is 0.417. The summed E-state index contributed by atoms with van der Waals surface area (Å²) in [5, 5.41) is 0. The molecule has 1 radical (unpaired) electrons. The van der Waals surface area contributed by atoms with Gasteiger partial charge in [0.05, 0.1) is 0 Å². The van der Waals surface area contributed by atoms with Crippen molar-refractivity contribution in [3.8, 4) is 0 Å². The van der Waals surface area contributed by atoms with Crippen LogP contribution >= 0.6 is 0 Å². The Morgan fingerprint density at radius 3 is 2.12 bits per heavy atom. The molecule has 0 aromatic carbocycles. The van der Waals surface area contributed by atoms with Crippen molar-refractivity contribution in [2.75, 3.05) is 0 Å². The van der Waals surface area contributed by atoms with E-state index in [1.165, 1.54) is 32.1 Å². The zero-order valence-corrected chi connectivity index (χ0v) is 6.64. The second-order valence-corrected chi connectivity index (χ2v) is 4.16. The van der Waals surface area contributed by atoms with E-state index in [4.69, 9.17) is 0 Å². The maximum atomic E-state index is 10.4. The summed E-state index contributed by atoms with van der Waals surface area (Å²) in [6, 6.07) is 0. The molecule has 1 aliphatic carbocycles. The monoisotopic (exact) mass is 129 g/mol. The molecule has 1 aliphatic rings. The molecular weight excluding hydrogens is 116 g/mol. The maximum Gasteiger partial charge on any atom is 0.210 e. The van der Waals surface area contributed by atoms with Crippen LogP contribution in [0.2, 0.25) is 5.54 Å². The van der Waals surface area contributed by atoms with Gasteiger partial charge in [-0.25, -0.2) is 0 Å². The van der Waals surface area contributed by atoms with Gasteiger partial charge >= 0.3 is 0 Å². The predicted molar refractivity (Wildman–Crippen MR) is 36.1 cm³/mol. The van der Waals surface area contributed by atoms with Gasteiger partial charge in [0, 0.05) is 0 Å². The Bertz CT molecular complexity index is 59.5. The Labute approximate surface area is 53.1 Å². The SMILES string of the molecule is [O][SiH2]C1CCCCC1. The molecule has 0 N–H and O–H groups in total. The van der Waals surface area contributed by atoms with Gasteiger partial charge in [0.15, 0.2) is 0 Å². The smallest absolute Gasteiger partial charge is 0.210 e. The summed E-state index contributed by atoms with van der Waals surface area (Å²) in [6.45, 7) is 0. The summed E-state index contributed by atoms with van der Waals surface area (Å²) >= 11 is 0. The Morgan fingerprint density at radius 2 is 1.75 bits per heavy atom. The van der Waals surface area contributed by atoms with E-state index in [-0.39, 0.29) is 0 Å². The van der Waals surface area contributed by atoms with Crippen LogP contribution in [0.1, 0.15) is 32.1 Å². The summed E-state index contributed by atoms with van der Waals surface area (Å²) in [5.41, 5.74) is 0.670. The van der Waals surface area contributed by atoms with Crippen LogP contribution in [0, 0.1) is 0 Å². The van der Waals surface area contributed by atoms with Crippen molar-refractivity contribution in [3.05, 3.63) is 0 Å². The minimum absolute atomic E-state index is 0.670. The number of hydrogen-bond donors (Lipinski definition) is 0. The van der Waals surface area contributed by atoms with Crippen molar-refractivity contribution in [2.45, 2.75) is 37.6 Å². The van der Waals surface area contributed by atoms with Gasteiger partial charge in [-0.3, -0.25) is 0 Å². The fourth-order valence-corrected chi connectivity index (χ4v) is 2.26. The van der Waals surface area contributed by atoms with Gasteiger partial charge in [0.2, 0.25) is 9.76 Å². The van der Waals surface area contributed by atoms with Crippen LogP contribution in [0.25, 0.3) is 0 Å². The first kappa shape index (κ1) is 6.30. The van der Waals surface area contributed by atoms with E-state index in [1.54, 1.807) is 0 Å². The molecule has 0 aromatic rings. The molecule has 0 unspecified atom stereocenters. The molecule has 0 aliphatic heterocycles. The van der Waals surface area contributed by atoms with Gasteiger partial charge in [0.25, 0.3) is 0 Å². The summed E-state index contributed by atoms with van der Waals surface area (Å²) in [5.74, 6) is 0. The van der Waals surface area contributed by atoms with E-state index in [0.29, 0.717) is 5.54 Å². The number of rotatable bonds is 1. The average Bonchev–Trinajstić information content (AvgIpc) is 1.90. The van der Waals surface area contributed by atoms with E-state index in [1.807, 2.05) is 0 Å². The molecule has 1 nitrogen and oxygen atoms in total. The second kappa shape index (κ2) is 3.25. The fraction of sp³-hybridized carbons (Fsp3) is 1.00. The molecule has 2 heteroatoms. The molecule has 1 fully saturated rings. The number of hydrogen-bond acceptors (Lipinski definition) is 0.